The van der Waals surface area contributed by atoms with Gasteiger partial charge >= 0.3 is 0 Å². The van der Waals surface area contributed by atoms with E-state index in [1.165, 1.54) is 6.33 Å². The Labute approximate surface area is 149 Å². The summed E-state index contributed by atoms with van der Waals surface area (Å²) in [4.78, 5) is 23.4. The molecular formula is C16H20N6O4. The highest BCUT2D eigenvalue weighted by Crippen LogP contribution is 2.13. The van der Waals surface area contributed by atoms with Crippen molar-refractivity contribution >= 4 is 11.8 Å². The Bertz CT molecular complexity index is 734. The number of benzene rings is 1. The monoisotopic (exact) mass is 360 g/mol. The van der Waals surface area contributed by atoms with Crippen LogP contribution in [0.1, 0.15) is 22.3 Å². The Kier molecular flexibility index (Phi) is 5.87. The van der Waals surface area contributed by atoms with Crippen molar-refractivity contribution in [2.75, 3.05) is 19.8 Å². The minimum Gasteiger partial charge on any atom is -0.379 e. The van der Waals surface area contributed by atoms with Crippen molar-refractivity contribution in [3.63, 3.8) is 0 Å². The van der Waals surface area contributed by atoms with Gasteiger partial charge in [0, 0.05) is 12.2 Å². The number of nitrogens with one attached hydrogen (secondary N) is 1. The third-order valence-corrected chi connectivity index (χ3v) is 4.00. The second kappa shape index (κ2) is 8.50. The first-order valence-corrected chi connectivity index (χ1v) is 8.20. The van der Waals surface area contributed by atoms with E-state index in [4.69, 9.17) is 15.2 Å². The summed E-state index contributed by atoms with van der Waals surface area (Å²) < 4.78 is 12.5. The summed E-state index contributed by atoms with van der Waals surface area (Å²) in [6.45, 7) is 1.19. The molecule has 1 aliphatic heterocycles. The fraction of sp³-hybridized carbons (Fsp3) is 0.438. The van der Waals surface area contributed by atoms with Gasteiger partial charge in [0.05, 0.1) is 25.3 Å². The predicted molar refractivity (Wildman–Crippen MR) is 89.0 cm³/mol. The van der Waals surface area contributed by atoms with E-state index in [1.807, 2.05) is 12.1 Å². The van der Waals surface area contributed by atoms with Crippen molar-refractivity contribution in [3.8, 4) is 0 Å². The highest BCUT2D eigenvalue weighted by molar-refractivity contribution is 5.94. The number of amides is 2. The summed E-state index contributed by atoms with van der Waals surface area (Å²) >= 11 is 0. The standard InChI is InChI=1S/C16H20N6O4/c17-15(23)9-26-14-5-6-25-8-13(14)19-16(24)12-3-1-11(2-4-12)7-22-10-18-20-21-22/h1-4,10,13-14H,5-9H2,(H2,17,23)(H,19,24)/t13-,14+/m1/s1. The predicted octanol–water partition coefficient (Wildman–Crippen LogP) is -0.889. The molecule has 2 heterocycles. The summed E-state index contributed by atoms with van der Waals surface area (Å²) in [7, 11) is 0. The van der Waals surface area contributed by atoms with Crippen LogP contribution in [0.2, 0.25) is 0 Å². The van der Waals surface area contributed by atoms with E-state index < -0.39 is 5.91 Å². The number of aromatic nitrogens is 4. The molecule has 0 spiro atoms. The molecule has 0 aliphatic carbocycles. The van der Waals surface area contributed by atoms with Gasteiger partial charge in [-0.25, -0.2) is 4.68 Å². The van der Waals surface area contributed by atoms with Crippen LogP contribution in [0, 0.1) is 0 Å². The molecule has 138 valence electrons. The summed E-state index contributed by atoms with van der Waals surface area (Å²) in [5.41, 5.74) is 6.60. The molecule has 0 unspecified atom stereocenters. The SMILES string of the molecule is NC(=O)CO[C@H]1CCOC[C@H]1NC(=O)c1ccc(Cn2cnnn2)cc1. The number of nitrogens with zero attached hydrogens (tertiary/aromatic N) is 4. The second-order valence-electron chi connectivity index (χ2n) is 5.96. The lowest BCUT2D eigenvalue weighted by Crippen LogP contribution is -2.51. The number of nitrogens with two attached hydrogens (primary N) is 1. The van der Waals surface area contributed by atoms with Crippen molar-refractivity contribution in [1.29, 1.82) is 0 Å². The number of hydrogen-bond acceptors (Lipinski definition) is 7. The first kappa shape index (κ1) is 18.0. The lowest BCUT2D eigenvalue weighted by Gasteiger charge is -2.31. The van der Waals surface area contributed by atoms with Crippen LogP contribution < -0.4 is 11.1 Å². The van der Waals surface area contributed by atoms with Gasteiger partial charge in [-0.15, -0.1) is 5.10 Å². The molecule has 0 saturated carbocycles. The third-order valence-electron chi connectivity index (χ3n) is 4.00. The van der Waals surface area contributed by atoms with Crippen LogP contribution in [-0.2, 0) is 20.8 Å². The molecule has 2 amide bonds. The molecule has 3 N–H and O–H groups in total. The highest BCUT2D eigenvalue weighted by Gasteiger charge is 2.28. The molecule has 0 radical (unpaired) electrons. The molecule has 1 aliphatic rings. The molecule has 1 saturated heterocycles. The molecule has 10 heteroatoms. The van der Waals surface area contributed by atoms with Crippen LogP contribution in [0.4, 0.5) is 0 Å². The summed E-state index contributed by atoms with van der Waals surface area (Å²) in [5.74, 6) is -0.776. The van der Waals surface area contributed by atoms with Gasteiger partial charge in [-0.3, -0.25) is 9.59 Å². The van der Waals surface area contributed by atoms with E-state index in [9.17, 15) is 9.59 Å². The number of hydrogen-bond donors (Lipinski definition) is 2. The van der Waals surface area contributed by atoms with Gasteiger partial charge in [0.2, 0.25) is 5.91 Å². The van der Waals surface area contributed by atoms with Crippen molar-refractivity contribution in [2.24, 2.45) is 5.73 Å². The minimum absolute atomic E-state index is 0.178. The van der Waals surface area contributed by atoms with Crippen LogP contribution in [0.15, 0.2) is 30.6 Å². The number of rotatable bonds is 7. The maximum Gasteiger partial charge on any atom is 0.251 e. The quantitative estimate of drug-likeness (QED) is 0.654. The van der Waals surface area contributed by atoms with Crippen LogP contribution in [0.3, 0.4) is 0 Å². The second-order valence-corrected chi connectivity index (χ2v) is 5.96. The maximum absolute atomic E-state index is 12.5. The zero-order valence-electron chi connectivity index (χ0n) is 14.1. The van der Waals surface area contributed by atoms with Gasteiger partial charge in [0.25, 0.3) is 5.91 Å². The molecule has 1 fully saturated rings. The summed E-state index contributed by atoms with van der Waals surface area (Å²) in [6, 6.07) is 6.82. The molecular weight excluding hydrogens is 340 g/mol. The van der Waals surface area contributed by atoms with Crippen LogP contribution in [0.25, 0.3) is 0 Å². The average molecular weight is 360 g/mol. The largest absolute Gasteiger partial charge is 0.379 e. The minimum atomic E-state index is -0.542. The van der Waals surface area contributed by atoms with Crippen molar-refractivity contribution in [3.05, 3.63) is 41.7 Å². The fourth-order valence-electron chi connectivity index (χ4n) is 2.69. The molecule has 2 atom stereocenters. The van der Waals surface area contributed by atoms with Crippen molar-refractivity contribution < 1.29 is 19.1 Å². The van der Waals surface area contributed by atoms with Crippen LogP contribution in [0.5, 0.6) is 0 Å². The van der Waals surface area contributed by atoms with Crippen LogP contribution in [-0.4, -0.2) is 64.0 Å². The van der Waals surface area contributed by atoms with Crippen LogP contribution >= 0.6 is 0 Å². The first-order chi connectivity index (χ1) is 12.6. The Hall–Kier alpha value is -2.85. The molecule has 3 rings (SSSR count). The number of ether oxygens (including phenoxy) is 2. The Morgan fingerprint density at radius 3 is 2.85 bits per heavy atom. The van der Waals surface area contributed by atoms with E-state index in [1.54, 1.807) is 16.8 Å². The zero-order valence-corrected chi connectivity index (χ0v) is 14.1. The lowest BCUT2D eigenvalue weighted by atomic mass is 10.1. The molecule has 10 nitrogen and oxygen atoms in total. The Balaban J connectivity index is 1.58. The Morgan fingerprint density at radius 2 is 2.15 bits per heavy atom. The van der Waals surface area contributed by atoms with E-state index in [0.29, 0.717) is 31.7 Å². The van der Waals surface area contributed by atoms with Gasteiger partial charge < -0.3 is 20.5 Å². The number of carbonyl (C=O) groups excluding carboxylic acids is 2. The lowest BCUT2D eigenvalue weighted by molar-refractivity contribution is -0.128. The summed E-state index contributed by atoms with van der Waals surface area (Å²) in [5, 5.41) is 13.9. The fourth-order valence-corrected chi connectivity index (χ4v) is 2.69. The normalized spacial score (nSPS) is 19.8. The first-order valence-electron chi connectivity index (χ1n) is 8.20. The highest BCUT2D eigenvalue weighted by atomic mass is 16.5. The average Bonchev–Trinajstić information content (AvgIpc) is 3.14. The van der Waals surface area contributed by atoms with E-state index in [-0.39, 0.29) is 24.7 Å². The van der Waals surface area contributed by atoms with Gasteiger partial charge in [-0.05, 0) is 34.5 Å². The van der Waals surface area contributed by atoms with Gasteiger partial charge in [0.15, 0.2) is 0 Å². The van der Waals surface area contributed by atoms with Crippen molar-refractivity contribution in [2.45, 2.75) is 25.1 Å². The Morgan fingerprint density at radius 1 is 1.35 bits per heavy atom. The summed E-state index contributed by atoms with van der Waals surface area (Å²) in [6.07, 6.45) is 1.80. The van der Waals surface area contributed by atoms with Gasteiger partial charge in [-0.1, -0.05) is 12.1 Å². The van der Waals surface area contributed by atoms with E-state index in [0.717, 1.165) is 5.56 Å². The number of tetrazole rings is 1. The molecule has 0 bridgehead atoms. The van der Waals surface area contributed by atoms with E-state index in [2.05, 4.69) is 20.8 Å². The van der Waals surface area contributed by atoms with Crippen molar-refractivity contribution in [1.82, 2.24) is 25.5 Å². The molecule has 1 aromatic carbocycles. The molecule has 2 aromatic rings. The molecule has 26 heavy (non-hydrogen) atoms. The van der Waals surface area contributed by atoms with E-state index >= 15 is 0 Å². The topological polar surface area (TPSA) is 134 Å². The van der Waals surface area contributed by atoms with Gasteiger partial charge in [0.1, 0.15) is 12.9 Å². The maximum atomic E-state index is 12.5. The zero-order chi connectivity index (χ0) is 18.4. The third kappa shape index (κ3) is 4.83. The molecule has 1 aromatic heterocycles. The van der Waals surface area contributed by atoms with Gasteiger partial charge in [-0.2, -0.15) is 0 Å². The smallest absolute Gasteiger partial charge is 0.251 e. The number of carbonyl (C=O) groups is 2. The number of primary amides is 1.